The standard InChI is InChI=1S/C19H22ClNO3/c1-4-18(24-16-9-10-17(20)13(3)11-16)19(22)21-14-7-6-8-15(12-14)23-5-2/h6-12,18H,4-5H2,1-3H3,(H,21,22). The number of benzene rings is 2. The van der Waals surface area contributed by atoms with Crippen molar-refractivity contribution in [3.63, 3.8) is 0 Å². The van der Waals surface area contributed by atoms with Crippen molar-refractivity contribution in [2.75, 3.05) is 11.9 Å². The number of hydrogen-bond donors (Lipinski definition) is 1. The minimum Gasteiger partial charge on any atom is -0.494 e. The van der Waals surface area contributed by atoms with Crippen LogP contribution in [0.3, 0.4) is 0 Å². The van der Waals surface area contributed by atoms with Crippen LogP contribution in [0.4, 0.5) is 5.69 Å². The molecule has 2 aromatic rings. The van der Waals surface area contributed by atoms with Gasteiger partial charge in [-0.3, -0.25) is 4.79 Å². The Morgan fingerprint density at radius 3 is 2.62 bits per heavy atom. The maximum absolute atomic E-state index is 12.5. The fourth-order valence-corrected chi connectivity index (χ4v) is 2.35. The lowest BCUT2D eigenvalue weighted by Gasteiger charge is -2.18. The minimum absolute atomic E-state index is 0.196. The van der Waals surface area contributed by atoms with E-state index in [0.29, 0.717) is 29.5 Å². The number of rotatable bonds is 7. The second-order valence-electron chi connectivity index (χ2n) is 5.38. The van der Waals surface area contributed by atoms with E-state index in [2.05, 4.69) is 5.32 Å². The van der Waals surface area contributed by atoms with Gasteiger partial charge in [0, 0.05) is 16.8 Å². The molecule has 0 radical (unpaired) electrons. The van der Waals surface area contributed by atoms with E-state index in [1.54, 1.807) is 18.2 Å². The number of hydrogen-bond acceptors (Lipinski definition) is 3. The van der Waals surface area contributed by atoms with E-state index in [4.69, 9.17) is 21.1 Å². The molecule has 1 atom stereocenters. The summed E-state index contributed by atoms with van der Waals surface area (Å²) in [6.07, 6.45) is -0.0279. The normalized spacial score (nSPS) is 11.7. The van der Waals surface area contributed by atoms with E-state index in [-0.39, 0.29) is 5.91 Å². The zero-order valence-electron chi connectivity index (χ0n) is 14.1. The SMILES string of the molecule is CCOc1cccc(NC(=O)C(CC)Oc2ccc(Cl)c(C)c2)c1. The zero-order valence-corrected chi connectivity index (χ0v) is 14.9. The summed E-state index contributed by atoms with van der Waals surface area (Å²) in [7, 11) is 0. The van der Waals surface area contributed by atoms with Crippen molar-refractivity contribution in [2.45, 2.75) is 33.3 Å². The number of amides is 1. The molecule has 24 heavy (non-hydrogen) atoms. The molecule has 4 nitrogen and oxygen atoms in total. The molecule has 0 aliphatic carbocycles. The van der Waals surface area contributed by atoms with Crippen LogP contribution in [0, 0.1) is 6.92 Å². The topological polar surface area (TPSA) is 47.6 Å². The molecule has 1 unspecified atom stereocenters. The summed E-state index contributed by atoms with van der Waals surface area (Å²) in [6, 6.07) is 12.7. The number of nitrogens with one attached hydrogen (secondary N) is 1. The average Bonchev–Trinajstić information content (AvgIpc) is 2.56. The van der Waals surface area contributed by atoms with Gasteiger partial charge in [0.15, 0.2) is 6.10 Å². The predicted molar refractivity (Wildman–Crippen MR) is 97.1 cm³/mol. The van der Waals surface area contributed by atoms with Crippen molar-refractivity contribution in [1.29, 1.82) is 0 Å². The van der Waals surface area contributed by atoms with Gasteiger partial charge < -0.3 is 14.8 Å². The summed E-state index contributed by atoms with van der Waals surface area (Å²) < 4.78 is 11.2. The van der Waals surface area contributed by atoms with Crippen LogP contribution < -0.4 is 14.8 Å². The number of aryl methyl sites for hydroxylation is 1. The fraction of sp³-hybridized carbons (Fsp3) is 0.316. The van der Waals surface area contributed by atoms with Gasteiger partial charge in [-0.05, 0) is 56.2 Å². The lowest BCUT2D eigenvalue weighted by Crippen LogP contribution is -2.32. The Labute approximate surface area is 147 Å². The summed E-state index contributed by atoms with van der Waals surface area (Å²) in [6.45, 7) is 6.30. The molecule has 0 aliphatic rings. The predicted octanol–water partition coefficient (Wildman–Crippen LogP) is 4.84. The van der Waals surface area contributed by atoms with Crippen molar-refractivity contribution >= 4 is 23.2 Å². The molecule has 1 N–H and O–H groups in total. The Balaban J connectivity index is 2.05. The van der Waals surface area contributed by atoms with Gasteiger partial charge in [-0.25, -0.2) is 0 Å². The molecule has 0 spiro atoms. The number of anilines is 1. The Morgan fingerprint density at radius 1 is 1.17 bits per heavy atom. The fourth-order valence-electron chi connectivity index (χ4n) is 2.23. The molecule has 0 saturated heterocycles. The van der Waals surface area contributed by atoms with Gasteiger partial charge in [-0.15, -0.1) is 0 Å². The van der Waals surface area contributed by atoms with E-state index in [9.17, 15) is 4.79 Å². The quantitative estimate of drug-likeness (QED) is 0.779. The third-order valence-corrected chi connectivity index (χ3v) is 3.91. The molecule has 0 bridgehead atoms. The zero-order chi connectivity index (χ0) is 17.5. The second-order valence-corrected chi connectivity index (χ2v) is 5.78. The van der Waals surface area contributed by atoms with Crippen molar-refractivity contribution in [1.82, 2.24) is 0 Å². The van der Waals surface area contributed by atoms with E-state index in [1.165, 1.54) is 0 Å². The molecule has 0 fully saturated rings. The van der Waals surface area contributed by atoms with Crippen molar-refractivity contribution < 1.29 is 14.3 Å². The summed E-state index contributed by atoms with van der Waals surface area (Å²) in [5.41, 5.74) is 1.59. The first-order valence-electron chi connectivity index (χ1n) is 8.00. The van der Waals surface area contributed by atoms with Crippen molar-refractivity contribution in [3.05, 3.63) is 53.1 Å². The first kappa shape index (κ1) is 18.1. The molecule has 0 saturated carbocycles. The maximum Gasteiger partial charge on any atom is 0.265 e. The Bertz CT molecular complexity index is 703. The second kappa shape index (κ2) is 8.60. The van der Waals surface area contributed by atoms with Crippen LogP contribution >= 0.6 is 11.6 Å². The van der Waals surface area contributed by atoms with Crippen LogP contribution in [0.5, 0.6) is 11.5 Å². The van der Waals surface area contributed by atoms with Gasteiger partial charge in [-0.2, -0.15) is 0 Å². The molecule has 128 valence electrons. The van der Waals surface area contributed by atoms with Gasteiger partial charge in [-0.1, -0.05) is 24.6 Å². The molecular formula is C19H22ClNO3. The monoisotopic (exact) mass is 347 g/mol. The Morgan fingerprint density at radius 2 is 1.96 bits per heavy atom. The molecular weight excluding hydrogens is 326 g/mol. The third kappa shape index (κ3) is 4.90. The highest BCUT2D eigenvalue weighted by Gasteiger charge is 2.19. The van der Waals surface area contributed by atoms with E-state index < -0.39 is 6.10 Å². The van der Waals surface area contributed by atoms with Crippen LogP contribution in [0.15, 0.2) is 42.5 Å². The summed E-state index contributed by atoms with van der Waals surface area (Å²) in [5, 5.41) is 3.54. The molecule has 0 heterocycles. The molecule has 0 aliphatic heterocycles. The van der Waals surface area contributed by atoms with Crippen LogP contribution in [-0.2, 0) is 4.79 Å². The largest absolute Gasteiger partial charge is 0.494 e. The summed E-state index contributed by atoms with van der Waals surface area (Å²) in [5.74, 6) is 1.15. The lowest BCUT2D eigenvalue weighted by atomic mass is 10.2. The Hall–Kier alpha value is -2.20. The van der Waals surface area contributed by atoms with Gasteiger partial charge >= 0.3 is 0 Å². The molecule has 1 amide bonds. The van der Waals surface area contributed by atoms with E-state index in [0.717, 1.165) is 11.3 Å². The summed E-state index contributed by atoms with van der Waals surface area (Å²) >= 11 is 6.01. The first-order chi connectivity index (χ1) is 11.5. The Kier molecular flexibility index (Phi) is 6.50. The van der Waals surface area contributed by atoms with Crippen molar-refractivity contribution in [2.24, 2.45) is 0 Å². The molecule has 5 heteroatoms. The van der Waals surface area contributed by atoms with Gasteiger partial charge in [0.25, 0.3) is 5.91 Å². The highest BCUT2D eigenvalue weighted by Crippen LogP contribution is 2.23. The van der Waals surface area contributed by atoms with E-state index in [1.807, 2.05) is 45.0 Å². The van der Waals surface area contributed by atoms with Gasteiger partial charge in [0.05, 0.1) is 6.61 Å². The van der Waals surface area contributed by atoms with Crippen LogP contribution in [0.1, 0.15) is 25.8 Å². The highest BCUT2D eigenvalue weighted by molar-refractivity contribution is 6.31. The average molecular weight is 348 g/mol. The number of halogens is 1. The number of ether oxygens (including phenoxy) is 2. The van der Waals surface area contributed by atoms with Gasteiger partial charge in [0.1, 0.15) is 11.5 Å². The smallest absolute Gasteiger partial charge is 0.265 e. The van der Waals surface area contributed by atoms with Gasteiger partial charge in [0.2, 0.25) is 0 Å². The molecule has 2 rings (SSSR count). The molecule has 0 aromatic heterocycles. The van der Waals surface area contributed by atoms with E-state index >= 15 is 0 Å². The minimum atomic E-state index is -0.582. The summed E-state index contributed by atoms with van der Waals surface area (Å²) in [4.78, 5) is 12.5. The third-order valence-electron chi connectivity index (χ3n) is 3.48. The van der Waals surface area contributed by atoms with Crippen LogP contribution in [0.25, 0.3) is 0 Å². The molecule has 2 aromatic carbocycles. The maximum atomic E-state index is 12.5. The number of carbonyl (C=O) groups is 1. The highest BCUT2D eigenvalue weighted by atomic mass is 35.5. The lowest BCUT2D eigenvalue weighted by molar-refractivity contribution is -0.122. The van der Waals surface area contributed by atoms with Crippen molar-refractivity contribution in [3.8, 4) is 11.5 Å². The van der Waals surface area contributed by atoms with Crippen LogP contribution in [-0.4, -0.2) is 18.6 Å². The van der Waals surface area contributed by atoms with Crippen LogP contribution in [0.2, 0.25) is 5.02 Å². The first-order valence-corrected chi connectivity index (χ1v) is 8.37. The number of carbonyl (C=O) groups excluding carboxylic acids is 1.